The van der Waals surface area contributed by atoms with Gasteiger partial charge in [0.05, 0.1) is 6.10 Å². The number of allylic oxidation sites excluding steroid dienone is 5. The molecule has 0 fully saturated rings. The van der Waals surface area contributed by atoms with Crippen LogP contribution in [0.2, 0.25) is 0 Å². The molecule has 0 saturated heterocycles. The van der Waals surface area contributed by atoms with E-state index in [4.69, 9.17) is 0 Å². The molecule has 0 aromatic carbocycles. The molecule has 1 unspecified atom stereocenters. The molecule has 1 aliphatic rings. The van der Waals surface area contributed by atoms with Gasteiger partial charge in [-0.05, 0) is 66.2 Å². The smallest absolute Gasteiger partial charge is 0.0645 e. The molecule has 0 radical (unpaired) electrons. The lowest BCUT2D eigenvalue weighted by atomic mass is 9.87. The summed E-state index contributed by atoms with van der Waals surface area (Å²) in [5.74, 6) is 0.170. The van der Waals surface area contributed by atoms with Crippen LogP contribution in [0, 0.1) is 5.92 Å². The molecule has 0 saturated carbocycles. The third-order valence-corrected chi connectivity index (χ3v) is 4.41. The molecule has 0 heterocycles. The van der Waals surface area contributed by atoms with Gasteiger partial charge in [0, 0.05) is 5.92 Å². The summed E-state index contributed by atoms with van der Waals surface area (Å²) in [6, 6.07) is 0. The minimum absolute atomic E-state index is 0.170. The zero-order chi connectivity index (χ0) is 15.8. The Bertz CT molecular complexity index is 437. The summed E-state index contributed by atoms with van der Waals surface area (Å²) in [5.41, 5.74) is 5.27. The van der Waals surface area contributed by atoms with Crippen LogP contribution in [-0.2, 0) is 0 Å². The minimum Gasteiger partial charge on any atom is -0.392 e. The van der Waals surface area contributed by atoms with Gasteiger partial charge in [0.2, 0.25) is 0 Å². The van der Waals surface area contributed by atoms with Crippen molar-refractivity contribution in [3.63, 3.8) is 0 Å². The highest BCUT2D eigenvalue weighted by molar-refractivity contribution is 5.12. The minimum atomic E-state index is -0.317. The van der Waals surface area contributed by atoms with Crippen molar-refractivity contribution in [3.05, 3.63) is 47.1 Å². The van der Waals surface area contributed by atoms with Gasteiger partial charge in [-0.3, -0.25) is 0 Å². The molecule has 2 atom stereocenters. The Morgan fingerprint density at radius 2 is 1.52 bits per heavy atom. The van der Waals surface area contributed by atoms with E-state index in [1.54, 1.807) is 0 Å². The monoisotopic (exact) mass is 288 g/mol. The first-order valence-corrected chi connectivity index (χ1v) is 8.20. The molecule has 21 heavy (non-hydrogen) atoms. The lowest BCUT2D eigenvalue weighted by Gasteiger charge is -2.23. The number of hydrogen-bond acceptors (Lipinski definition) is 1. The van der Waals surface area contributed by atoms with E-state index in [1.165, 1.54) is 16.7 Å². The topological polar surface area (TPSA) is 20.2 Å². The van der Waals surface area contributed by atoms with Gasteiger partial charge in [0.1, 0.15) is 0 Å². The lowest BCUT2D eigenvalue weighted by Crippen LogP contribution is -2.21. The summed E-state index contributed by atoms with van der Waals surface area (Å²) in [5, 5.41) is 10.5. The second kappa shape index (κ2) is 9.04. The number of aliphatic hydroxyl groups is 1. The highest BCUT2D eigenvalue weighted by Crippen LogP contribution is 2.25. The summed E-state index contributed by atoms with van der Waals surface area (Å²) < 4.78 is 0. The summed E-state index contributed by atoms with van der Waals surface area (Å²) in [7, 11) is 0. The summed E-state index contributed by atoms with van der Waals surface area (Å²) >= 11 is 0. The number of aliphatic hydroxyl groups excluding tert-OH is 1. The second-order valence-corrected chi connectivity index (χ2v) is 6.69. The van der Waals surface area contributed by atoms with Crippen molar-refractivity contribution in [2.45, 2.75) is 72.3 Å². The molecule has 0 aromatic rings. The average molecular weight is 288 g/mol. The third kappa shape index (κ3) is 6.95. The Balaban J connectivity index is 2.90. The first-order valence-electron chi connectivity index (χ1n) is 8.20. The normalized spacial score (nSPS) is 33.7. The second-order valence-electron chi connectivity index (χ2n) is 6.69. The standard InChI is InChI=1S/C20H32O/c1-15(2)19-13-12-17(4)10-6-8-16(3)9-7-11-18(5)14-20(19)21/h8,11-12,19-21H,1,6-7,9-10,13-14H2,2-5H3/b16-8+,17-12+,18-11+/t19-,20?/m1/s1. The number of hydrogen-bond donors (Lipinski definition) is 1. The lowest BCUT2D eigenvalue weighted by molar-refractivity contribution is 0.126. The zero-order valence-corrected chi connectivity index (χ0v) is 14.3. The van der Waals surface area contributed by atoms with Crippen LogP contribution in [0.15, 0.2) is 47.1 Å². The molecular weight excluding hydrogens is 256 g/mol. The Morgan fingerprint density at radius 1 is 1.00 bits per heavy atom. The molecule has 1 heteroatoms. The van der Waals surface area contributed by atoms with Crippen LogP contribution in [0.25, 0.3) is 0 Å². The van der Waals surface area contributed by atoms with Gasteiger partial charge in [-0.15, -0.1) is 0 Å². The van der Waals surface area contributed by atoms with Crippen molar-refractivity contribution in [1.82, 2.24) is 0 Å². The summed E-state index contributed by atoms with van der Waals surface area (Å²) in [6.07, 6.45) is 12.7. The van der Waals surface area contributed by atoms with Crippen LogP contribution in [0.4, 0.5) is 0 Å². The van der Waals surface area contributed by atoms with Gasteiger partial charge in [0.25, 0.3) is 0 Å². The van der Waals surface area contributed by atoms with Gasteiger partial charge in [-0.2, -0.15) is 0 Å². The quantitative estimate of drug-likeness (QED) is 0.611. The Kier molecular flexibility index (Phi) is 7.74. The van der Waals surface area contributed by atoms with E-state index in [-0.39, 0.29) is 12.0 Å². The van der Waals surface area contributed by atoms with E-state index in [0.717, 1.165) is 44.1 Å². The van der Waals surface area contributed by atoms with E-state index in [1.807, 2.05) is 6.92 Å². The van der Waals surface area contributed by atoms with Crippen molar-refractivity contribution in [1.29, 1.82) is 0 Å². The van der Waals surface area contributed by atoms with Crippen LogP contribution in [0.5, 0.6) is 0 Å². The zero-order valence-electron chi connectivity index (χ0n) is 14.3. The molecular formula is C20H32O. The van der Waals surface area contributed by atoms with E-state index in [0.29, 0.717) is 0 Å². The van der Waals surface area contributed by atoms with Crippen molar-refractivity contribution in [2.24, 2.45) is 5.92 Å². The van der Waals surface area contributed by atoms with Gasteiger partial charge in [-0.1, -0.05) is 47.1 Å². The summed E-state index contributed by atoms with van der Waals surface area (Å²) in [4.78, 5) is 0. The molecule has 0 aliphatic heterocycles. The first-order chi connectivity index (χ1) is 9.90. The summed E-state index contributed by atoms with van der Waals surface area (Å²) in [6.45, 7) is 12.7. The molecule has 1 nitrogen and oxygen atoms in total. The average Bonchev–Trinajstić information content (AvgIpc) is 2.37. The Morgan fingerprint density at radius 3 is 2.10 bits per heavy atom. The molecule has 118 valence electrons. The number of rotatable bonds is 1. The molecule has 0 bridgehead atoms. The van der Waals surface area contributed by atoms with Crippen LogP contribution in [0.3, 0.4) is 0 Å². The fraction of sp³-hybridized carbons (Fsp3) is 0.600. The van der Waals surface area contributed by atoms with Gasteiger partial charge in [0.15, 0.2) is 0 Å². The Hall–Kier alpha value is -1.08. The molecule has 0 aromatic heterocycles. The fourth-order valence-corrected chi connectivity index (χ4v) is 2.87. The van der Waals surface area contributed by atoms with Crippen LogP contribution < -0.4 is 0 Å². The molecule has 0 amide bonds. The van der Waals surface area contributed by atoms with Gasteiger partial charge < -0.3 is 5.11 Å². The van der Waals surface area contributed by atoms with Crippen molar-refractivity contribution < 1.29 is 5.11 Å². The van der Waals surface area contributed by atoms with E-state index < -0.39 is 0 Å². The molecule has 1 aliphatic carbocycles. The predicted octanol–water partition coefficient (Wildman–Crippen LogP) is 5.73. The molecule has 1 rings (SSSR count). The van der Waals surface area contributed by atoms with E-state index >= 15 is 0 Å². The van der Waals surface area contributed by atoms with Gasteiger partial charge >= 0.3 is 0 Å². The van der Waals surface area contributed by atoms with Crippen molar-refractivity contribution in [2.75, 3.05) is 0 Å². The van der Waals surface area contributed by atoms with Crippen LogP contribution in [-0.4, -0.2) is 11.2 Å². The van der Waals surface area contributed by atoms with Crippen LogP contribution in [0.1, 0.15) is 66.2 Å². The first kappa shape index (κ1) is 18.0. The SMILES string of the molecule is C=C(C)[C@H]1C/C=C(\C)CC/C=C(\C)CC/C=C(\C)CC1O. The largest absolute Gasteiger partial charge is 0.392 e. The molecule has 0 spiro atoms. The highest BCUT2D eigenvalue weighted by Gasteiger charge is 2.19. The maximum atomic E-state index is 10.5. The maximum Gasteiger partial charge on any atom is 0.0645 e. The predicted molar refractivity (Wildman–Crippen MR) is 93.3 cm³/mol. The third-order valence-electron chi connectivity index (χ3n) is 4.41. The van der Waals surface area contributed by atoms with Gasteiger partial charge in [-0.25, -0.2) is 0 Å². The molecule has 1 N–H and O–H groups in total. The fourth-order valence-electron chi connectivity index (χ4n) is 2.87. The van der Waals surface area contributed by atoms with Crippen molar-refractivity contribution >= 4 is 0 Å². The Labute approximate surface area is 131 Å². The maximum absolute atomic E-state index is 10.5. The van der Waals surface area contributed by atoms with Crippen LogP contribution >= 0.6 is 0 Å². The van der Waals surface area contributed by atoms with Crippen molar-refractivity contribution in [3.8, 4) is 0 Å². The van der Waals surface area contributed by atoms with E-state index in [9.17, 15) is 5.11 Å². The van der Waals surface area contributed by atoms with E-state index in [2.05, 4.69) is 45.6 Å². The highest BCUT2D eigenvalue weighted by atomic mass is 16.3.